The van der Waals surface area contributed by atoms with Crippen LogP contribution < -0.4 is 0 Å². The van der Waals surface area contributed by atoms with Gasteiger partial charge in [-0.1, -0.05) is 36.4 Å². The number of rotatable bonds is 4. The second-order valence-corrected chi connectivity index (χ2v) is 6.50. The summed E-state index contributed by atoms with van der Waals surface area (Å²) in [7, 11) is 0. The molecule has 0 aliphatic rings. The zero-order valence-corrected chi connectivity index (χ0v) is 14.0. The number of hydrogen-bond donors (Lipinski definition) is 0. The molecule has 0 saturated heterocycles. The SMILES string of the molecule is CC(=O)O[C@H](CC(=O)OC(C)(C)C)c1ccc2ccccc2c1. The molecule has 0 radical (unpaired) electrons. The van der Waals surface area contributed by atoms with Gasteiger partial charge in [-0.05, 0) is 43.2 Å². The van der Waals surface area contributed by atoms with Crippen molar-refractivity contribution in [3.05, 3.63) is 48.0 Å². The van der Waals surface area contributed by atoms with Gasteiger partial charge in [0.2, 0.25) is 0 Å². The van der Waals surface area contributed by atoms with Crippen molar-refractivity contribution in [2.24, 2.45) is 0 Å². The van der Waals surface area contributed by atoms with Gasteiger partial charge < -0.3 is 9.47 Å². The highest BCUT2D eigenvalue weighted by atomic mass is 16.6. The van der Waals surface area contributed by atoms with E-state index in [0.29, 0.717) is 0 Å². The molecule has 2 aromatic carbocycles. The first-order valence-electron chi connectivity index (χ1n) is 7.62. The molecule has 0 amide bonds. The van der Waals surface area contributed by atoms with Crippen LogP contribution in [0.5, 0.6) is 0 Å². The zero-order valence-electron chi connectivity index (χ0n) is 14.0. The maximum absolute atomic E-state index is 12.1. The monoisotopic (exact) mass is 314 g/mol. The lowest BCUT2D eigenvalue weighted by molar-refractivity contribution is -0.161. The summed E-state index contributed by atoms with van der Waals surface area (Å²) in [4.78, 5) is 23.5. The Morgan fingerprint density at radius 1 is 1.04 bits per heavy atom. The lowest BCUT2D eigenvalue weighted by atomic mass is 10.0. The average molecular weight is 314 g/mol. The Morgan fingerprint density at radius 2 is 1.70 bits per heavy atom. The van der Waals surface area contributed by atoms with Gasteiger partial charge in [0.05, 0.1) is 6.42 Å². The minimum absolute atomic E-state index is 0.00477. The second-order valence-electron chi connectivity index (χ2n) is 6.50. The van der Waals surface area contributed by atoms with E-state index < -0.39 is 23.6 Å². The number of esters is 2. The fourth-order valence-electron chi connectivity index (χ4n) is 2.37. The minimum atomic E-state index is -0.646. The normalized spacial score (nSPS) is 12.7. The third-order valence-corrected chi connectivity index (χ3v) is 3.23. The number of ether oxygens (including phenoxy) is 2. The van der Waals surface area contributed by atoms with Gasteiger partial charge >= 0.3 is 11.9 Å². The van der Waals surface area contributed by atoms with Gasteiger partial charge in [0.15, 0.2) is 0 Å². The Kier molecular flexibility index (Phi) is 5.04. The summed E-state index contributed by atoms with van der Waals surface area (Å²) in [6.07, 6.45) is -0.651. The lowest BCUT2D eigenvalue weighted by Gasteiger charge is -2.22. The van der Waals surface area contributed by atoms with Crippen molar-refractivity contribution in [2.75, 3.05) is 0 Å². The summed E-state index contributed by atoms with van der Waals surface area (Å²) >= 11 is 0. The van der Waals surface area contributed by atoms with E-state index >= 15 is 0 Å². The molecule has 0 aliphatic heterocycles. The van der Waals surface area contributed by atoms with Crippen molar-refractivity contribution in [2.45, 2.75) is 45.8 Å². The molecular formula is C19H22O4. The molecule has 0 N–H and O–H groups in total. The van der Waals surface area contributed by atoms with Crippen LogP contribution in [0.4, 0.5) is 0 Å². The van der Waals surface area contributed by atoms with Crippen LogP contribution in [-0.4, -0.2) is 17.5 Å². The molecule has 2 aromatic rings. The molecule has 4 heteroatoms. The molecule has 0 unspecified atom stereocenters. The molecule has 122 valence electrons. The molecule has 0 spiro atoms. The zero-order chi connectivity index (χ0) is 17.0. The van der Waals surface area contributed by atoms with Crippen LogP contribution in [0.25, 0.3) is 10.8 Å². The summed E-state index contributed by atoms with van der Waals surface area (Å²) in [6.45, 7) is 6.76. The first kappa shape index (κ1) is 17.0. The van der Waals surface area contributed by atoms with Crippen molar-refractivity contribution in [3.63, 3.8) is 0 Å². The van der Waals surface area contributed by atoms with E-state index in [1.165, 1.54) is 6.92 Å². The van der Waals surface area contributed by atoms with Crippen molar-refractivity contribution >= 4 is 22.7 Å². The van der Waals surface area contributed by atoms with Crippen LogP contribution in [0.2, 0.25) is 0 Å². The largest absolute Gasteiger partial charge is 0.460 e. The quantitative estimate of drug-likeness (QED) is 0.795. The summed E-state index contributed by atoms with van der Waals surface area (Å²) in [5.41, 5.74) is 0.214. The highest BCUT2D eigenvalue weighted by Crippen LogP contribution is 2.26. The number of benzene rings is 2. The van der Waals surface area contributed by atoms with Gasteiger partial charge in [-0.15, -0.1) is 0 Å². The summed E-state index contributed by atoms with van der Waals surface area (Å²) in [6, 6.07) is 13.7. The Morgan fingerprint density at radius 3 is 2.30 bits per heavy atom. The third kappa shape index (κ3) is 5.09. The van der Waals surface area contributed by atoms with Gasteiger partial charge in [0, 0.05) is 6.92 Å². The van der Waals surface area contributed by atoms with Gasteiger partial charge in [-0.25, -0.2) is 0 Å². The summed E-state index contributed by atoms with van der Waals surface area (Å²) in [5.74, 6) is -0.816. The molecule has 23 heavy (non-hydrogen) atoms. The molecule has 0 heterocycles. The fraction of sp³-hybridized carbons (Fsp3) is 0.368. The van der Waals surface area contributed by atoms with Gasteiger partial charge in [-0.2, -0.15) is 0 Å². The standard InChI is InChI=1S/C19H22O4/c1-13(20)22-17(12-18(21)23-19(2,3)4)16-10-9-14-7-5-6-8-15(14)11-16/h5-11,17H,12H2,1-4H3/t17-/m1/s1. The topological polar surface area (TPSA) is 52.6 Å². The molecule has 0 bridgehead atoms. The molecule has 2 rings (SSSR count). The molecule has 0 aliphatic carbocycles. The van der Waals surface area contributed by atoms with Crippen molar-refractivity contribution in [1.29, 1.82) is 0 Å². The maximum atomic E-state index is 12.1. The summed E-state index contributed by atoms with van der Waals surface area (Å²) in [5, 5.41) is 2.13. The Hall–Kier alpha value is -2.36. The lowest BCUT2D eigenvalue weighted by Crippen LogP contribution is -2.25. The van der Waals surface area contributed by atoms with Crippen LogP contribution in [0.1, 0.15) is 45.8 Å². The number of hydrogen-bond acceptors (Lipinski definition) is 4. The number of carbonyl (C=O) groups excluding carboxylic acids is 2. The van der Waals surface area contributed by atoms with E-state index in [2.05, 4.69) is 0 Å². The van der Waals surface area contributed by atoms with E-state index in [-0.39, 0.29) is 6.42 Å². The Labute approximate surface area is 136 Å². The highest BCUT2D eigenvalue weighted by Gasteiger charge is 2.23. The Balaban J connectivity index is 2.25. The molecule has 0 fully saturated rings. The predicted octanol–water partition coefficient (Wildman–Crippen LogP) is 4.18. The Bertz CT molecular complexity index is 713. The molecule has 1 atom stereocenters. The summed E-state index contributed by atoms with van der Waals surface area (Å²) < 4.78 is 10.7. The van der Waals surface area contributed by atoms with Crippen LogP contribution in [0.3, 0.4) is 0 Å². The molecule has 0 saturated carbocycles. The van der Waals surface area contributed by atoms with Crippen LogP contribution in [0, 0.1) is 0 Å². The number of fused-ring (bicyclic) bond motifs is 1. The van der Waals surface area contributed by atoms with E-state index in [0.717, 1.165) is 16.3 Å². The van der Waals surface area contributed by atoms with Crippen molar-refractivity contribution < 1.29 is 19.1 Å². The predicted molar refractivity (Wildman–Crippen MR) is 88.9 cm³/mol. The van der Waals surface area contributed by atoms with Crippen LogP contribution in [-0.2, 0) is 19.1 Å². The van der Waals surface area contributed by atoms with Crippen molar-refractivity contribution in [1.82, 2.24) is 0 Å². The van der Waals surface area contributed by atoms with E-state index in [1.54, 1.807) is 0 Å². The van der Waals surface area contributed by atoms with Gasteiger partial charge in [0.25, 0.3) is 0 Å². The minimum Gasteiger partial charge on any atom is -0.460 e. The molecule has 0 aromatic heterocycles. The average Bonchev–Trinajstić information content (AvgIpc) is 2.43. The fourth-order valence-corrected chi connectivity index (χ4v) is 2.37. The van der Waals surface area contributed by atoms with E-state index in [9.17, 15) is 9.59 Å². The van der Waals surface area contributed by atoms with Crippen LogP contribution >= 0.6 is 0 Å². The smallest absolute Gasteiger partial charge is 0.310 e. The number of carbonyl (C=O) groups is 2. The van der Waals surface area contributed by atoms with Gasteiger partial charge in [0.1, 0.15) is 11.7 Å². The third-order valence-electron chi connectivity index (χ3n) is 3.23. The van der Waals surface area contributed by atoms with E-state index in [1.807, 2.05) is 63.2 Å². The first-order chi connectivity index (χ1) is 10.7. The van der Waals surface area contributed by atoms with Crippen molar-refractivity contribution in [3.8, 4) is 0 Å². The van der Waals surface area contributed by atoms with Gasteiger partial charge in [-0.3, -0.25) is 9.59 Å². The molecule has 4 nitrogen and oxygen atoms in total. The second kappa shape index (κ2) is 6.82. The highest BCUT2D eigenvalue weighted by molar-refractivity contribution is 5.83. The van der Waals surface area contributed by atoms with Crippen LogP contribution in [0.15, 0.2) is 42.5 Å². The molecular weight excluding hydrogens is 292 g/mol. The maximum Gasteiger partial charge on any atom is 0.310 e. The first-order valence-corrected chi connectivity index (χ1v) is 7.62. The van der Waals surface area contributed by atoms with E-state index in [4.69, 9.17) is 9.47 Å².